The Morgan fingerprint density at radius 2 is 1.79 bits per heavy atom. The lowest BCUT2D eigenvalue weighted by molar-refractivity contribution is -0.121. The van der Waals surface area contributed by atoms with Crippen molar-refractivity contribution in [2.45, 2.75) is 13.0 Å². The third kappa shape index (κ3) is 3.82. The molecule has 4 rings (SSSR count). The Bertz CT molecular complexity index is 844. The van der Waals surface area contributed by atoms with Crippen LogP contribution in [0.15, 0.2) is 41.0 Å². The van der Waals surface area contributed by atoms with E-state index in [0.29, 0.717) is 62.3 Å². The second kappa shape index (κ2) is 7.93. The molecule has 1 fully saturated rings. The van der Waals surface area contributed by atoms with Crippen molar-refractivity contribution < 1.29 is 23.5 Å². The number of hydrogen-bond donors (Lipinski definition) is 1. The van der Waals surface area contributed by atoms with Crippen LogP contribution in [-0.4, -0.2) is 67.0 Å². The molecule has 1 N–H and O–H groups in total. The van der Waals surface area contributed by atoms with Gasteiger partial charge in [0.25, 0.3) is 5.91 Å². The third-order valence-electron chi connectivity index (χ3n) is 5.07. The number of anilines is 1. The first-order valence-corrected chi connectivity index (χ1v) is 9.39. The van der Waals surface area contributed by atoms with Crippen molar-refractivity contribution in [2.24, 2.45) is 0 Å². The summed E-state index contributed by atoms with van der Waals surface area (Å²) in [6.07, 6.45) is 1.49. The highest BCUT2D eigenvalue weighted by atomic mass is 16.6. The van der Waals surface area contributed by atoms with Crippen LogP contribution >= 0.6 is 0 Å². The molecule has 3 heterocycles. The van der Waals surface area contributed by atoms with Gasteiger partial charge in [0.15, 0.2) is 17.3 Å². The first kappa shape index (κ1) is 18.4. The number of amides is 2. The number of carbonyl (C=O) groups excluding carboxylic acids is 2. The fourth-order valence-corrected chi connectivity index (χ4v) is 3.40. The van der Waals surface area contributed by atoms with E-state index in [4.69, 9.17) is 13.9 Å². The number of benzene rings is 1. The fraction of sp³-hybridized carbons (Fsp3) is 0.400. The molecule has 28 heavy (non-hydrogen) atoms. The molecule has 1 saturated heterocycles. The molecule has 0 aliphatic carbocycles. The Morgan fingerprint density at radius 3 is 2.50 bits per heavy atom. The molecule has 0 unspecified atom stereocenters. The van der Waals surface area contributed by atoms with E-state index in [-0.39, 0.29) is 17.9 Å². The number of nitrogens with zero attached hydrogens (tertiary/aromatic N) is 2. The van der Waals surface area contributed by atoms with Gasteiger partial charge in [-0.2, -0.15) is 0 Å². The Morgan fingerprint density at radius 1 is 1.04 bits per heavy atom. The number of rotatable bonds is 4. The minimum Gasteiger partial charge on any atom is -0.486 e. The molecule has 1 aromatic carbocycles. The number of hydrogen-bond acceptors (Lipinski definition) is 6. The van der Waals surface area contributed by atoms with Gasteiger partial charge >= 0.3 is 0 Å². The number of piperazine rings is 1. The number of carbonyl (C=O) groups is 2. The quantitative estimate of drug-likeness (QED) is 0.865. The maximum absolute atomic E-state index is 12.7. The summed E-state index contributed by atoms with van der Waals surface area (Å²) in [5, 5.41) is 2.93. The van der Waals surface area contributed by atoms with Crippen LogP contribution in [0, 0.1) is 0 Å². The first-order chi connectivity index (χ1) is 13.6. The van der Waals surface area contributed by atoms with Crippen LogP contribution in [-0.2, 0) is 4.79 Å². The van der Waals surface area contributed by atoms with Gasteiger partial charge in [-0.1, -0.05) is 0 Å². The Labute approximate surface area is 163 Å². The first-order valence-electron chi connectivity index (χ1n) is 9.39. The SMILES string of the molecule is C[C@@H](C(=O)Nc1ccc2c(c1)OCCO2)N1CCN(C(=O)c2ccco2)CC1. The van der Waals surface area contributed by atoms with Crippen LogP contribution in [0.25, 0.3) is 0 Å². The van der Waals surface area contributed by atoms with Gasteiger partial charge in [0.2, 0.25) is 5.91 Å². The van der Waals surface area contributed by atoms with Crippen molar-refractivity contribution in [1.82, 2.24) is 9.80 Å². The zero-order valence-corrected chi connectivity index (χ0v) is 15.7. The zero-order chi connectivity index (χ0) is 19.5. The molecule has 0 radical (unpaired) electrons. The minimum atomic E-state index is -0.311. The van der Waals surface area contributed by atoms with E-state index in [1.807, 2.05) is 6.92 Å². The van der Waals surface area contributed by atoms with Gasteiger partial charge in [0.05, 0.1) is 12.3 Å². The highest BCUT2D eigenvalue weighted by Gasteiger charge is 2.29. The number of nitrogens with one attached hydrogen (secondary N) is 1. The van der Waals surface area contributed by atoms with Gasteiger partial charge < -0.3 is 24.1 Å². The van der Waals surface area contributed by atoms with Crippen molar-refractivity contribution in [2.75, 3.05) is 44.7 Å². The van der Waals surface area contributed by atoms with Gasteiger partial charge in [-0.15, -0.1) is 0 Å². The van der Waals surface area contributed by atoms with E-state index in [1.54, 1.807) is 35.2 Å². The summed E-state index contributed by atoms with van der Waals surface area (Å²) in [6, 6.07) is 8.44. The summed E-state index contributed by atoms with van der Waals surface area (Å²) in [5.74, 6) is 1.47. The normalized spacial score (nSPS) is 17.8. The molecule has 1 atom stereocenters. The average Bonchev–Trinajstić information content (AvgIpc) is 3.27. The van der Waals surface area contributed by atoms with Crippen molar-refractivity contribution in [3.05, 3.63) is 42.4 Å². The molecular weight excluding hydrogens is 362 g/mol. The van der Waals surface area contributed by atoms with Crippen LogP contribution in [0.3, 0.4) is 0 Å². The Hall–Kier alpha value is -3.00. The standard InChI is InChI=1S/C20H23N3O5/c1-14(19(24)21-15-4-5-16-18(13-15)28-12-11-27-16)22-6-8-23(9-7-22)20(25)17-3-2-10-26-17/h2-5,10,13-14H,6-9,11-12H2,1H3,(H,21,24)/t14-/m0/s1. The van der Waals surface area contributed by atoms with Crippen molar-refractivity contribution >= 4 is 17.5 Å². The maximum Gasteiger partial charge on any atom is 0.289 e. The molecular formula is C20H23N3O5. The van der Waals surface area contributed by atoms with E-state index in [1.165, 1.54) is 6.26 Å². The van der Waals surface area contributed by atoms with Crippen molar-refractivity contribution in [3.63, 3.8) is 0 Å². The lowest BCUT2D eigenvalue weighted by Gasteiger charge is -2.37. The zero-order valence-electron chi connectivity index (χ0n) is 15.7. The van der Waals surface area contributed by atoms with E-state index in [9.17, 15) is 9.59 Å². The van der Waals surface area contributed by atoms with Crippen molar-refractivity contribution in [1.29, 1.82) is 0 Å². The van der Waals surface area contributed by atoms with Crippen LogP contribution in [0.4, 0.5) is 5.69 Å². The molecule has 148 valence electrons. The molecule has 0 bridgehead atoms. The summed E-state index contributed by atoms with van der Waals surface area (Å²) < 4.78 is 16.2. The number of ether oxygens (including phenoxy) is 2. The summed E-state index contributed by atoms with van der Waals surface area (Å²) in [6.45, 7) is 5.27. The number of furan rings is 1. The Kier molecular flexibility index (Phi) is 5.21. The number of fused-ring (bicyclic) bond motifs is 1. The van der Waals surface area contributed by atoms with Gasteiger partial charge in [-0.25, -0.2) is 0 Å². The van der Waals surface area contributed by atoms with E-state index < -0.39 is 0 Å². The summed E-state index contributed by atoms with van der Waals surface area (Å²) in [4.78, 5) is 28.8. The monoisotopic (exact) mass is 385 g/mol. The molecule has 0 spiro atoms. The second-order valence-electron chi connectivity index (χ2n) is 6.83. The molecule has 2 aliphatic rings. The molecule has 8 heteroatoms. The van der Waals surface area contributed by atoms with Crippen LogP contribution < -0.4 is 14.8 Å². The molecule has 2 amide bonds. The average molecular weight is 385 g/mol. The highest BCUT2D eigenvalue weighted by molar-refractivity contribution is 5.95. The van der Waals surface area contributed by atoms with Gasteiger partial charge in [-0.05, 0) is 31.2 Å². The van der Waals surface area contributed by atoms with Crippen molar-refractivity contribution in [3.8, 4) is 11.5 Å². The fourth-order valence-electron chi connectivity index (χ4n) is 3.40. The van der Waals surface area contributed by atoms with Gasteiger partial charge in [0.1, 0.15) is 13.2 Å². The minimum absolute atomic E-state index is 0.0949. The summed E-state index contributed by atoms with van der Waals surface area (Å²) in [5.41, 5.74) is 0.674. The molecule has 0 saturated carbocycles. The van der Waals surface area contributed by atoms with E-state index in [0.717, 1.165) is 0 Å². The van der Waals surface area contributed by atoms with Crippen LogP contribution in [0.2, 0.25) is 0 Å². The smallest absolute Gasteiger partial charge is 0.289 e. The van der Waals surface area contributed by atoms with E-state index in [2.05, 4.69) is 10.2 Å². The molecule has 2 aromatic rings. The third-order valence-corrected chi connectivity index (χ3v) is 5.07. The largest absolute Gasteiger partial charge is 0.486 e. The van der Waals surface area contributed by atoms with Gasteiger partial charge in [-0.3, -0.25) is 14.5 Å². The Balaban J connectivity index is 1.32. The maximum atomic E-state index is 12.7. The lowest BCUT2D eigenvalue weighted by atomic mass is 10.2. The van der Waals surface area contributed by atoms with Crippen LogP contribution in [0.1, 0.15) is 17.5 Å². The highest BCUT2D eigenvalue weighted by Crippen LogP contribution is 2.32. The molecule has 1 aromatic heterocycles. The topological polar surface area (TPSA) is 84.3 Å². The molecule has 2 aliphatic heterocycles. The van der Waals surface area contributed by atoms with Crippen LogP contribution in [0.5, 0.6) is 11.5 Å². The lowest BCUT2D eigenvalue weighted by Crippen LogP contribution is -2.54. The second-order valence-corrected chi connectivity index (χ2v) is 6.83. The predicted molar refractivity (Wildman–Crippen MR) is 102 cm³/mol. The molecule has 8 nitrogen and oxygen atoms in total. The summed E-state index contributed by atoms with van der Waals surface area (Å²) in [7, 11) is 0. The summed E-state index contributed by atoms with van der Waals surface area (Å²) >= 11 is 0. The predicted octanol–water partition coefficient (Wildman–Crippen LogP) is 1.84. The van der Waals surface area contributed by atoms with E-state index >= 15 is 0 Å². The van der Waals surface area contributed by atoms with Gasteiger partial charge in [0, 0.05) is 37.9 Å².